The molecule has 5 heteroatoms. The van der Waals surface area contributed by atoms with Crippen molar-refractivity contribution in [1.82, 2.24) is 19.3 Å². The van der Waals surface area contributed by atoms with Crippen LogP contribution in [-0.4, -0.2) is 38.3 Å². The van der Waals surface area contributed by atoms with E-state index in [0.717, 1.165) is 55.0 Å². The molecule has 1 amide bonds. The summed E-state index contributed by atoms with van der Waals surface area (Å²) in [6.07, 6.45) is 16.3. The Morgan fingerprint density at radius 3 is 2.73 bits per heavy atom. The fourth-order valence-corrected chi connectivity index (χ4v) is 4.82. The van der Waals surface area contributed by atoms with Gasteiger partial charge in [0.2, 0.25) is 5.91 Å². The normalized spacial score (nSPS) is 20.6. The SMILES string of the molecule is O=C(CC1=CCc2ncc3nc(C4CCCCC4)cn3c21)N1CCCC1. The van der Waals surface area contributed by atoms with E-state index in [9.17, 15) is 4.79 Å². The molecule has 1 saturated heterocycles. The van der Waals surface area contributed by atoms with E-state index in [-0.39, 0.29) is 5.91 Å². The van der Waals surface area contributed by atoms with Crippen LogP contribution in [0.15, 0.2) is 18.5 Å². The van der Waals surface area contributed by atoms with Gasteiger partial charge in [-0.3, -0.25) is 14.2 Å². The van der Waals surface area contributed by atoms with Crippen LogP contribution in [0.5, 0.6) is 0 Å². The zero-order chi connectivity index (χ0) is 17.5. The summed E-state index contributed by atoms with van der Waals surface area (Å²) >= 11 is 0. The highest BCUT2D eigenvalue weighted by Gasteiger charge is 2.26. The van der Waals surface area contributed by atoms with Gasteiger partial charge in [0.25, 0.3) is 0 Å². The largest absolute Gasteiger partial charge is 0.342 e. The molecule has 0 N–H and O–H groups in total. The minimum Gasteiger partial charge on any atom is -0.342 e. The van der Waals surface area contributed by atoms with Gasteiger partial charge in [0.1, 0.15) is 0 Å². The number of likely N-dealkylation sites (tertiary alicyclic amines) is 1. The van der Waals surface area contributed by atoms with Gasteiger partial charge >= 0.3 is 0 Å². The average Bonchev–Trinajstić information content (AvgIpc) is 3.41. The number of allylic oxidation sites excluding steroid dienone is 1. The molecule has 5 nitrogen and oxygen atoms in total. The molecule has 2 fully saturated rings. The zero-order valence-corrected chi connectivity index (χ0v) is 15.3. The van der Waals surface area contributed by atoms with Gasteiger partial charge in [-0.1, -0.05) is 25.3 Å². The second kappa shape index (κ2) is 6.53. The van der Waals surface area contributed by atoms with E-state index in [1.54, 1.807) is 0 Å². The summed E-state index contributed by atoms with van der Waals surface area (Å²) in [5, 5.41) is 0. The van der Waals surface area contributed by atoms with Crippen molar-refractivity contribution in [1.29, 1.82) is 0 Å². The van der Waals surface area contributed by atoms with Crippen LogP contribution in [0.3, 0.4) is 0 Å². The van der Waals surface area contributed by atoms with Crippen LogP contribution in [0, 0.1) is 0 Å². The number of carbonyl (C=O) groups excluding carboxylic acids is 1. The number of fused-ring (bicyclic) bond motifs is 3. The van der Waals surface area contributed by atoms with Crippen molar-refractivity contribution < 1.29 is 4.79 Å². The Kier molecular flexibility index (Phi) is 4.03. The summed E-state index contributed by atoms with van der Waals surface area (Å²) in [6.45, 7) is 1.83. The lowest BCUT2D eigenvalue weighted by atomic mass is 9.87. The fourth-order valence-electron chi connectivity index (χ4n) is 4.82. The zero-order valence-electron chi connectivity index (χ0n) is 15.3. The highest BCUT2D eigenvalue weighted by atomic mass is 16.2. The molecule has 2 aliphatic carbocycles. The van der Waals surface area contributed by atoms with Gasteiger partial charge in [0, 0.05) is 31.6 Å². The smallest absolute Gasteiger partial charge is 0.227 e. The number of nitrogens with zero attached hydrogens (tertiary/aromatic N) is 4. The molecule has 0 spiro atoms. The summed E-state index contributed by atoms with van der Waals surface area (Å²) in [5.74, 6) is 0.839. The van der Waals surface area contributed by atoms with E-state index < -0.39 is 0 Å². The highest BCUT2D eigenvalue weighted by molar-refractivity contribution is 5.90. The Hall–Kier alpha value is -2.17. The first-order valence-electron chi connectivity index (χ1n) is 10.1. The molecule has 0 atom stereocenters. The van der Waals surface area contributed by atoms with Crippen LogP contribution in [0.2, 0.25) is 0 Å². The molecule has 0 bridgehead atoms. The number of carbonyl (C=O) groups is 1. The second-order valence-electron chi connectivity index (χ2n) is 7.98. The fraction of sp³-hybridized carbons (Fsp3) is 0.571. The number of amides is 1. The van der Waals surface area contributed by atoms with Crippen LogP contribution < -0.4 is 0 Å². The van der Waals surface area contributed by atoms with Crippen molar-refractivity contribution >= 4 is 17.1 Å². The van der Waals surface area contributed by atoms with E-state index in [1.165, 1.54) is 37.8 Å². The van der Waals surface area contributed by atoms with Crippen LogP contribution >= 0.6 is 0 Å². The van der Waals surface area contributed by atoms with Crippen LogP contribution in [0.1, 0.15) is 74.4 Å². The first-order valence-corrected chi connectivity index (χ1v) is 10.1. The summed E-state index contributed by atoms with van der Waals surface area (Å²) in [7, 11) is 0. The quantitative estimate of drug-likeness (QED) is 0.847. The van der Waals surface area contributed by atoms with E-state index in [4.69, 9.17) is 4.98 Å². The molecule has 0 unspecified atom stereocenters. The number of rotatable bonds is 3. The third-order valence-corrected chi connectivity index (χ3v) is 6.27. The maximum absolute atomic E-state index is 12.6. The standard InChI is InChI=1S/C21H26N4O/c26-20(24-10-4-5-11-24)12-16-8-9-17-21(16)25-14-18(23-19(25)13-22-17)15-6-2-1-3-7-15/h8,13-15H,1-7,9-12H2. The summed E-state index contributed by atoms with van der Waals surface area (Å²) < 4.78 is 2.20. The third-order valence-electron chi connectivity index (χ3n) is 6.27. The number of hydrogen-bond donors (Lipinski definition) is 0. The Balaban J connectivity index is 1.46. The Morgan fingerprint density at radius 1 is 1.12 bits per heavy atom. The first kappa shape index (κ1) is 16.0. The Labute approximate surface area is 154 Å². The molecule has 3 heterocycles. The minimum atomic E-state index is 0.256. The molecule has 2 aromatic rings. The van der Waals surface area contributed by atoms with Crippen molar-refractivity contribution in [2.24, 2.45) is 0 Å². The van der Waals surface area contributed by atoms with Crippen molar-refractivity contribution in [3.05, 3.63) is 35.6 Å². The first-order chi connectivity index (χ1) is 12.8. The Bertz CT molecular complexity index is 870. The van der Waals surface area contributed by atoms with Gasteiger partial charge < -0.3 is 4.90 Å². The summed E-state index contributed by atoms with van der Waals surface area (Å²) in [6, 6.07) is 0. The molecule has 0 aromatic carbocycles. The van der Waals surface area contributed by atoms with Gasteiger partial charge in [-0.2, -0.15) is 0 Å². The van der Waals surface area contributed by atoms with E-state index in [0.29, 0.717) is 12.3 Å². The number of hydrogen-bond acceptors (Lipinski definition) is 3. The van der Waals surface area contributed by atoms with Crippen molar-refractivity contribution in [2.75, 3.05) is 13.1 Å². The number of imidazole rings is 1. The van der Waals surface area contributed by atoms with Gasteiger partial charge in [-0.05, 0) is 31.3 Å². The Morgan fingerprint density at radius 2 is 1.92 bits per heavy atom. The van der Waals surface area contributed by atoms with E-state index in [1.807, 2.05) is 11.1 Å². The van der Waals surface area contributed by atoms with Crippen LogP contribution in [0.4, 0.5) is 0 Å². The maximum atomic E-state index is 12.6. The molecule has 1 aliphatic heterocycles. The molecule has 1 saturated carbocycles. The monoisotopic (exact) mass is 350 g/mol. The third kappa shape index (κ3) is 2.74. The lowest BCUT2D eigenvalue weighted by Crippen LogP contribution is -2.27. The molecule has 136 valence electrons. The molecule has 2 aromatic heterocycles. The average molecular weight is 350 g/mol. The van der Waals surface area contributed by atoms with Crippen LogP contribution in [0.25, 0.3) is 11.2 Å². The van der Waals surface area contributed by atoms with Crippen molar-refractivity contribution in [3.63, 3.8) is 0 Å². The number of aromatic nitrogens is 3. The topological polar surface area (TPSA) is 50.5 Å². The van der Waals surface area contributed by atoms with E-state index in [2.05, 4.69) is 21.7 Å². The lowest BCUT2D eigenvalue weighted by molar-refractivity contribution is -0.128. The minimum absolute atomic E-state index is 0.256. The van der Waals surface area contributed by atoms with Gasteiger partial charge in [0.05, 0.1) is 29.7 Å². The highest BCUT2D eigenvalue weighted by Crippen LogP contribution is 2.35. The molecule has 0 radical (unpaired) electrons. The van der Waals surface area contributed by atoms with Crippen molar-refractivity contribution in [2.45, 2.75) is 63.7 Å². The molecular weight excluding hydrogens is 324 g/mol. The van der Waals surface area contributed by atoms with Gasteiger partial charge in [0.15, 0.2) is 5.65 Å². The summed E-state index contributed by atoms with van der Waals surface area (Å²) in [4.78, 5) is 24.2. The van der Waals surface area contributed by atoms with Gasteiger partial charge in [-0.15, -0.1) is 0 Å². The lowest BCUT2D eigenvalue weighted by Gasteiger charge is -2.19. The second-order valence-corrected chi connectivity index (χ2v) is 7.98. The predicted molar refractivity (Wildman–Crippen MR) is 101 cm³/mol. The van der Waals surface area contributed by atoms with Gasteiger partial charge in [-0.25, -0.2) is 4.98 Å². The maximum Gasteiger partial charge on any atom is 0.227 e. The molecule has 26 heavy (non-hydrogen) atoms. The molecule has 3 aliphatic rings. The van der Waals surface area contributed by atoms with Crippen LogP contribution in [-0.2, 0) is 11.2 Å². The molecule has 5 rings (SSSR count). The summed E-state index contributed by atoms with van der Waals surface area (Å²) in [5.41, 5.74) is 5.45. The predicted octanol–water partition coefficient (Wildman–Crippen LogP) is 3.73. The molecular formula is C21H26N4O. The van der Waals surface area contributed by atoms with Crippen molar-refractivity contribution in [3.8, 4) is 0 Å². The van der Waals surface area contributed by atoms with E-state index >= 15 is 0 Å².